The summed E-state index contributed by atoms with van der Waals surface area (Å²) >= 11 is 2.50. The average Bonchev–Trinajstić information content (AvgIpc) is 3.45. The molecule has 0 aliphatic carbocycles. The Morgan fingerprint density at radius 2 is 2.03 bits per heavy atom. The van der Waals surface area contributed by atoms with E-state index in [2.05, 4.69) is 30.2 Å². The molecule has 4 rings (SSSR count). The van der Waals surface area contributed by atoms with Crippen LogP contribution in [0.1, 0.15) is 24.0 Å². The summed E-state index contributed by atoms with van der Waals surface area (Å²) < 4.78 is 27.3. The van der Waals surface area contributed by atoms with Crippen LogP contribution in [0, 0.1) is 13.8 Å². The van der Waals surface area contributed by atoms with E-state index in [9.17, 15) is 13.2 Å². The van der Waals surface area contributed by atoms with Gasteiger partial charge in [-0.2, -0.15) is 4.31 Å². The van der Waals surface area contributed by atoms with E-state index in [4.69, 9.17) is 0 Å². The topological polar surface area (TPSA) is 79.4 Å². The molecule has 6 nitrogen and oxygen atoms in total. The van der Waals surface area contributed by atoms with Crippen molar-refractivity contribution < 1.29 is 13.2 Å². The minimum absolute atomic E-state index is 0.267. The fraction of sp³-hybridized carbons (Fsp3) is 0.300. The Balaban J connectivity index is 1.51. The van der Waals surface area contributed by atoms with Gasteiger partial charge in [-0.1, -0.05) is 18.2 Å². The second kappa shape index (κ2) is 7.98. The highest BCUT2D eigenvalue weighted by Gasteiger charge is 2.40. The molecule has 2 aromatic heterocycles. The molecule has 152 valence electrons. The Kier molecular flexibility index (Phi) is 5.56. The molecule has 1 saturated heterocycles. The fourth-order valence-electron chi connectivity index (χ4n) is 3.37. The summed E-state index contributed by atoms with van der Waals surface area (Å²) in [5, 5.41) is 6.91. The first-order valence-corrected chi connectivity index (χ1v) is 12.5. The summed E-state index contributed by atoms with van der Waals surface area (Å²) in [7, 11) is -3.65. The van der Waals surface area contributed by atoms with Crippen molar-refractivity contribution in [2.45, 2.75) is 36.9 Å². The fourth-order valence-corrected chi connectivity index (χ4v) is 6.87. The van der Waals surface area contributed by atoms with Crippen LogP contribution in [-0.4, -0.2) is 36.2 Å². The van der Waals surface area contributed by atoms with Gasteiger partial charge in [-0.05, 0) is 55.3 Å². The molecule has 0 bridgehead atoms. The van der Waals surface area contributed by atoms with Crippen molar-refractivity contribution in [2.75, 3.05) is 11.9 Å². The van der Waals surface area contributed by atoms with Gasteiger partial charge in [0.25, 0.3) is 10.0 Å². The van der Waals surface area contributed by atoms with Crippen LogP contribution in [0.5, 0.6) is 0 Å². The van der Waals surface area contributed by atoms with Crippen LogP contribution >= 0.6 is 22.7 Å². The van der Waals surface area contributed by atoms with E-state index >= 15 is 0 Å². The lowest BCUT2D eigenvalue weighted by atomic mass is 10.1. The first kappa shape index (κ1) is 20.2. The van der Waals surface area contributed by atoms with E-state index in [0.717, 1.165) is 11.3 Å². The number of thiophene rings is 1. The van der Waals surface area contributed by atoms with Gasteiger partial charge in [-0.25, -0.2) is 13.4 Å². The molecule has 3 aromatic rings. The van der Waals surface area contributed by atoms with E-state index in [1.165, 1.54) is 38.1 Å². The number of nitrogens with one attached hydrogen (secondary N) is 1. The molecule has 0 saturated carbocycles. The van der Waals surface area contributed by atoms with Crippen LogP contribution in [-0.2, 0) is 14.8 Å². The molecule has 1 amide bonds. The minimum Gasteiger partial charge on any atom is -0.301 e. The van der Waals surface area contributed by atoms with Crippen molar-refractivity contribution in [3.05, 3.63) is 52.2 Å². The Morgan fingerprint density at radius 3 is 2.76 bits per heavy atom. The lowest BCUT2D eigenvalue weighted by Crippen LogP contribution is -2.42. The molecular weight excluding hydrogens is 426 g/mol. The van der Waals surface area contributed by atoms with Crippen molar-refractivity contribution >= 4 is 43.7 Å². The first-order valence-electron chi connectivity index (χ1n) is 9.25. The summed E-state index contributed by atoms with van der Waals surface area (Å²) in [6.45, 7) is 4.46. The highest BCUT2D eigenvalue weighted by molar-refractivity contribution is 7.91. The van der Waals surface area contributed by atoms with Crippen molar-refractivity contribution in [3.8, 4) is 11.3 Å². The Labute approximate surface area is 178 Å². The molecule has 1 N–H and O–H groups in total. The quantitative estimate of drug-likeness (QED) is 0.633. The molecule has 9 heteroatoms. The first-order chi connectivity index (χ1) is 13.9. The maximum atomic E-state index is 12.9. The molecular formula is C20H21N3O3S3. The van der Waals surface area contributed by atoms with Crippen molar-refractivity contribution in [2.24, 2.45) is 0 Å². The number of carbonyl (C=O) groups excluding carboxylic acids is 1. The molecule has 0 radical (unpaired) electrons. The Bertz CT molecular complexity index is 1140. The molecule has 1 unspecified atom stereocenters. The van der Waals surface area contributed by atoms with Gasteiger partial charge in [0.1, 0.15) is 10.3 Å². The third-order valence-electron chi connectivity index (χ3n) is 5.10. The van der Waals surface area contributed by atoms with E-state index < -0.39 is 16.1 Å². The third kappa shape index (κ3) is 4.00. The van der Waals surface area contributed by atoms with E-state index in [1.54, 1.807) is 17.5 Å². The predicted molar refractivity (Wildman–Crippen MR) is 117 cm³/mol. The van der Waals surface area contributed by atoms with Crippen LogP contribution in [0.4, 0.5) is 5.13 Å². The predicted octanol–water partition coefficient (Wildman–Crippen LogP) is 4.28. The van der Waals surface area contributed by atoms with Crippen LogP contribution < -0.4 is 5.32 Å². The molecule has 1 aliphatic rings. The van der Waals surface area contributed by atoms with Crippen molar-refractivity contribution in [1.82, 2.24) is 9.29 Å². The number of rotatable bonds is 5. The van der Waals surface area contributed by atoms with Crippen LogP contribution in [0.3, 0.4) is 0 Å². The second-order valence-electron chi connectivity index (χ2n) is 7.03. The number of aryl methyl sites for hydroxylation is 2. The summed E-state index contributed by atoms with van der Waals surface area (Å²) in [5.41, 5.74) is 4.18. The van der Waals surface area contributed by atoms with Gasteiger partial charge >= 0.3 is 0 Å². The average molecular weight is 448 g/mol. The number of sulfonamides is 1. The molecule has 1 aromatic carbocycles. The smallest absolute Gasteiger partial charge is 0.253 e. The van der Waals surface area contributed by atoms with Gasteiger partial charge in [-0.3, -0.25) is 4.79 Å². The summed E-state index contributed by atoms with van der Waals surface area (Å²) in [4.78, 5) is 17.4. The zero-order valence-electron chi connectivity index (χ0n) is 16.1. The lowest BCUT2D eigenvalue weighted by molar-refractivity contribution is -0.119. The second-order valence-corrected chi connectivity index (χ2v) is 11.0. The van der Waals surface area contributed by atoms with Gasteiger partial charge in [0.05, 0.1) is 5.69 Å². The molecule has 1 aliphatic heterocycles. The molecule has 1 fully saturated rings. The van der Waals surface area contributed by atoms with Crippen molar-refractivity contribution in [1.29, 1.82) is 0 Å². The Hall–Kier alpha value is -2.07. The van der Waals surface area contributed by atoms with Crippen molar-refractivity contribution in [3.63, 3.8) is 0 Å². The highest BCUT2D eigenvalue weighted by Crippen LogP contribution is 2.30. The van der Waals surface area contributed by atoms with Gasteiger partial charge in [-0.15, -0.1) is 22.7 Å². The normalized spacial score (nSPS) is 17.5. The molecule has 1 atom stereocenters. The number of carbonyl (C=O) groups is 1. The van der Waals surface area contributed by atoms with E-state index in [1.807, 2.05) is 17.5 Å². The zero-order chi connectivity index (χ0) is 20.6. The summed E-state index contributed by atoms with van der Waals surface area (Å²) in [6, 6.07) is 8.69. The standard InChI is InChI=1S/C20H21N3O3S3/c1-13-7-8-15(11-14(13)2)16-12-28-20(21-16)22-19(24)17-5-3-9-23(17)29(25,26)18-6-4-10-27-18/h4,6-8,10-12,17H,3,5,9H2,1-2H3,(H,21,22,24). The number of hydrogen-bond donors (Lipinski definition) is 1. The largest absolute Gasteiger partial charge is 0.301 e. The molecule has 29 heavy (non-hydrogen) atoms. The minimum atomic E-state index is -3.65. The number of benzene rings is 1. The summed E-state index contributed by atoms with van der Waals surface area (Å²) in [5.74, 6) is -0.330. The number of thiazole rings is 1. The number of anilines is 1. The Morgan fingerprint density at radius 1 is 1.21 bits per heavy atom. The number of aromatic nitrogens is 1. The lowest BCUT2D eigenvalue weighted by Gasteiger charge is -2.22. The maximum Gasteiger partial charge on any atom is 0.253 e. The van der Waals surface area contributed by atoms with Crippen LogP contribution in [0.25, 0.3) is 11.3 Å². The molecule has 0 spiro atoms. The molecule has 3 heterocycles. The van der Waals surface area contributed by atoms with Gasteiger partial charge < -0.3 is 5.32 Å². The van der Waals surface area contributed by atoms with E-state index in [-0.39, 0.29) is 10.1 Å². The van der Waals surface area contributed by atoms with Crippen LogP contribution in [0.15, 0.2) is 45.3 Å². The number of nitrogens with zero attached hydrogens (tertiary/aromatic N) is 2. The van der Waals surface area contributed by atoms with Gasteiger partial charge in [0.15, 0.2) is 5.13 Å². The zero-order valence-corrected chi connectivity index (χ0v) is 18.5. The SMILES string of the molecule is Cc1ccc(-c2csc(NC(=O)C3CCCN3S(=O)(=O)c3cccs3)n2)cc1C. The maximum absolute atomic E-state index is 12.9. The van der Waals surface area contributed by atoms with Gasteiger partial charge in [0, 0.05) is 17.5 Å². The monoisotopic (exact) mass is 447 g/mol. The van der Waals surface area contributed by atoms with Gasteiger partial charge in [0.2, 0.25) is 5.91 Å². The number of hydrogen-bond acceptors (Lipinski definition) is 6. The number of amides is 1. The summed E-state index contributed by atoms with van der Waals surface area (Å²) in [6.07, 6.45) is 1.17. The third-order valence-corrected chi connectivity index (χ3v) is 9.14. The van der Waals surface area contributed by atoms with Crippen LogP contribution in [0.2, 0.25) is 0 Å². The highest BCUT2D eigenvalue weighted by atomic mass is 32.2. The van der Waals surface area contributed by atoms with E-state index in [0.29, 0.717) is 24.5 Å².